The van der Waals surface area contributed by atoms with Crippen LogP contribution in [0.1, 0.15) is 20.3 Å². The van der Waals surface area contributed by atoms with Crippen molar-refractivity contribution in [3.8, 4) is 0 Å². The van der Waals surface area contributed by atoms with Gasteiger partial charge in [0.25, 0.3) is 0 Å². The summed E-state index contributed by atoms with van der Waals surface area (Å²) in [5, 5.41) is 0.457. The minimum Gasteiger partial charge on any atom is -0.340 e. The van der Waals surface area contributed by atoms with Gasteiger partial charge in [-0.15, -0.1) is 0 Å². The highest BCUT2D eigenvalue weighted by Crippen LogP contribution is 2.33. The first-order chi connectivity index (χ1) is 12.7. The number of halogens is 1. The minimum absolute atomic E-state index is 0.0340. The fourth-order valence-electron chi connectivity index (χ4n) is 3.60. The first-order valence-electron chi connectivity index (χ1n) is 9.02. The van der Waals surface area contributed by atoms with Crippen LogP contribution in [0.3, 0.4) is 0 Å². The number of likely N-dealkylation sites (tertiary alicyclic amines) is 2. The van der Waals surface area contributed by atoms with E-state index in [2.05, 4.69) is 4.72 Å². The highest BCUT2D eigenvalue weighted by Gasteiger charge is 2.48. The van der Waals surface area contributed by atoms with Crippen LogP contribution >= 0.6 is 11.6 Å². The van der Waals surface area contributed by atoms with Crippen molar-refractivity contribution in [1.82, 2.24) is 14.5 Å². The summed E-state index contributed by atoms with van der Waals surface area (Å²) in [6.45, 7) is 5.69. The Labute approximate surface area is 164 Å². The normalized spacial score (nSPS) is 21.9. The fourth-order valence-corrected chi connectivity index (χ4v) is 4.76. The third kappa shape index (κ3) is 4.28. The summed E-state index contributed by atoms with van der Waals surface area (Å²) in [7, 11) is -3.67. The average molecular weight is 414 g/mol. The Bertz CT molecular complexity index is 826. The highest BCUT2D eigenvalue weighted by atomic mass is 35.5. The van der Waals surface area contributed by atoms with Crippen molar-refractivity contribution in [3.63, 3.8) is 0 Å². The molecule has 0 aromatic heterocycles. The lowest BCUT2D eigenvalue weighted by Gasteiger charge is -2.43. The molecule has 3 rings (SSSR count). The summed E-state index contributed by atoms with van der Waals surface area (Å²) >= 11 is 5.77. The van der Waals surface area contributed by atoms with E-state index >= 15 is 0 Å². The van der Waals surface area contributed by atoms with Crippen molar-refractivity contribution in [3.05, 3.63) is 29.3 Å². The number of hydrogen-bond acceptors (Lipinski definition) is 4. The monoisotopic (exact) mass is 413 g/mol. The summed E-state index contributed by atoms with van der Waals surface area (Å²) in [6, 6.07) is 5.92. The maximum atomic E-state index is 12.4. The molecule has 0 aliphatic carbocycles. The first-order valence-corrected chi connectivity index (χ1v) is 10.9. The van der Waals surface area contributed by atoms with Crippen LogP contribution in [0.4, 0.5) is 0 Å². The number of rotatable bonds is 6. The van der Waals surface area contributed by atoms with Gasteiger partial charge in [0.1, 0.15) is 0 Å². The molecule has 2 unspecified atom stereocenters. The van der Waals surface area contributed by atoms with E-state index in [1.807, 2.05) is 18.7 Å². The number of nitrogens with one attached hydrogen (secondary N) is 1. The van der Waals surface area contributed by atoms with Gasteiger partial charge in [-0.1, -0.05) is 25.4 Å². The van der Waals surface area contributed by atoms with Gasteiger partial charge < -0.3 is 9.80 Å². The molecule has 2 aliphatic heterocycles. The van der Waals surface area contributed by atoms with Gasteiger partial charge >= 0.3 is 0 Å². The molecule has 1 aromatic rings. The zero-order chi connectivity index (χ0) is 19.8. The molecule has 148 valence electrons. The molecule has 2 aliphatic rings. The van der Waals surface area contributed by atoms with E-state index in [9.17, 15) is 18.0 Å². The zero-order valence-corrected chi connectivity index (χ0v) is 17.0. The van der Waals surface area contributed by atoms with Gasteiger partial charge in [-0.05, 0) is 24.3 Å². The van der Waals surface area contributed by atoms with Gasteiger partial charge in [-0.2, -0.15) is 0 Å². The van der Waals surface area contributed by atoms with Gasteiger partial charge in [0.05, 0.1) is 10.9 Å². The molecule has 27 heavy (non-hydrogen) atoms. The third-order valence-electron chi connectivity index (χ3n) is 5.12. The second kappa shape index (κ2) is 7.77. The highest BCUT2D eigenvalue weighted by molar-refractivity contribution is 7.89. The smallest absolute Gasteiger partial charge is 0.240 e. The Morgan fingerprint density at radius 1 is 1.19 bits per heavy atom. The lowest BCUT2D eigenvalue weighted by Crippen LogP contribution is -2.58. The van der Waals surface area contributed by atoms with Crippen LogP contribution in [0.25, 0.3) is 0 Å². The summed E-state index contributed by atoms with van der Waals surface area (Å²) in [6.07, 6.45) is 0.0914. The van der Waals surface area contributed by atoms with Crippen molar-refractivity contribution >= 4 is 33.4 Å². The number of fused-ring (bicyclic) bond motifs is 1. The number of hydrogen-bond donors (Lipinski definition) is 1. The molecule has 0 bridgehead atoms. The number of sulfonamides is 1. The van der Waals surface area contributed by atoms with Crippen LogP contribution < -0.4 is 4.72 Å². The van der Waals surface area contributed by atoms with Crippen LogP contribution in [-0.2, 0) is 19.6 Å². The van der Waals surface area contributed by atoms with Crippen LogP contribution in [-0.4, -0.2) is 62.3 Å². The molecule has 0 saturated carbocycles. The summed E-state index contributed by atoms with van der Waals surface area (Å²) < 4.78 is 26.9. The van der Waals surface area contributed by atoms with Crippen LogP contribution in [0.2, 0.25) is 5.02 Å². The Balaban J connectivity index is 1.48. The van der Waals surface area contributed by atoms with E-state index < -0.39 is 10.0 Å². The van der Waals surface area contributed by atoms with Gasteiger partial charge in [0, 0.05) is 49.5 Å². The second-order valence-electron chi connectivity index (χ2n) is 7.37. The maximum Gasteiger partial charge on any atom is 0.240 e. The van der Waals surface area contributed by atoms with E-state index in [0.29, 0.717) is 30.6 Å². The van der Waals surface area contributed by atoms with Gasteiger partial charge in [0.2, 0.25) is 21.8 Å². The molecule has 2 saturated heterocycles. The van der Waals surface area contributed by atoms with Crippen molar-refractivity contribution < 1.29 is 18.0 Å². The van der Waals surface area contributed by atoms with Crippen LogP contribution in [0, 0.1) is 11.8 Å². The predicted molar refractivity (Wildman–Crippen MR) is 102 cm³/mol. The zero-order valence-electron chi connectivity index (χ0n) is 15.4. The summed E-state index contributed by atoms with van der Waals surface area (Å²) in [4.78, 5) is 28.2. The SMILES string of the molecule is CC(C)C(=O)N1CC2CN(C(=O)CCNS(=O)(=O)c3ccc(Cl)cc3)C2C1. The largest absolute Gasteiger partial charge is 0.340 e. The molecule has 0 spiro atoms. The number of carbonyl (C=O) groups excluding carboxylic acids is 2. The number of carbonyl (C=O) groups is 2. The quantitative estimate of drug-likeness (QED) is 0.762. The van der Waals surface area contributed by atoms with Gasteiger partial charge in [0.15, 0.2) is 0 Å². The molecule has 1 N–H and O–H groups in total. The molecule has 2 heterocycles. The van der Waals surface area contributed by atoms with E-state index in [1.165, 1.54) is 24.3 Å². The van der Waals surface area contributed by atoms with E-state index in [1.54, 1.807) is 4.90 Å². The Morgan fingerprint density at radius 2 is 1.85 bits per heavy atom. The van der Waals surface area contributed by atoms with Gasteiger partial charge in [-0.3, -0.25) is 9.59 Å². The lowest BCUT2D eigenvalue weighted by atomic mass is 9.91. The standard InChI is InChI=1S/C18H24ClN3O4S/c1-12(2)18(24)21-9-13-10-22(16(13)11-21)17(23)7-8-20-27(25,26)15-5-3-14(19)4-6-15/h3-6,12-13,16,20H,7-11H2,1-2H3. The molecular weight excluding hydrogens is 390 g/mol. The Morgan fingerprint density at radius 3 is 2.48 bits per heavy atom. The minimum atomic E-state index is -3.67. The van der Waals surface area contributed by atoms with Crippen LogP contribution in [0.15, 0.2) is 29.2 Å². The number of benzene rings is 1. The summed E-state index contributed by atoms with van der Waals surface area (Å²) in [5.41, 5.74) is 0. The molecule has 1 aromatic carbocycles. The third-order valence-corrected chi connectivity index (χ3v) is 6.85. The lowest BCUT2D eigenvalue weighted by molar-refractivity contribution is -0.141. The number of nitrogens with zero attached hydrogens (tertiary/aromatic N) is 2. The molecule has 0 radical (unpaired) electrons. The molecule has 2 fully saturated rings. The maximum absolute atomic E-state index is 12.4. The second-order valence-corrected chi connectivity index (χ2v) is 9.58. The molecule has 7 nitrogen and oxygen atoms in total. The first kappa shape index (κ1) is 20.1. The summed E-state index contributed by atoms with van der Waals surface area (Å²) in [5.74, 6) is 0.317. The molecule has 2 amide bonds. The molecule has 2 atom stereocenters. The van der Waals surface area contributed by atoms with E-state index in [4.69, 9.17) is 11.6 Å². The van der Waals surface area contributed by atoms with E-state index in [-0.39, 0.29) is 41.6 Å². The van der Waals surface area contributed by atoms with Crippen molar-refractivity contribution in [2.24, 2.45) is 11.8 Å². The Hall–Kier alpha value is -1.64. The topological polar surface area (TPSA) is 86.8 Å². The van der Waals surface area contributed by atoms with Crippen molar-refractivity contribution in [2.45, 2.75) is 31.2 Å². The van der Waals surface area contributed by atoms with Crippen molar-refractivity contribution in [1.29, 1.82) is 0 Å². The Kier molecular flexibility index (Phi) is 5.79. The molecule has 9 heteroatoms. The van der Waals surface area contributed by atoms with Crippen LogP contribution in [0.5, 0.6) is 0 Å². The average Bonchev–Trinajstić information content (AvgIpc) is 2.91. The van der Waals surface area contributed by atoms with Gasteiger partial charge in [-0.25, -0.2) is 13.1 Å². The predicted octanol–water partition coefficient (Wildman–Crippen LogP) is 1.33. The number of amides is 2. The van der Waals surface area contributed by atoms with E-state index in [0.717, 1.165) is 0 Å². The fraction of sp³-hybridized carbons (Fsp3) is 0.556. The molecular formula is C18H24ClN3O4S. The van der Waals surface area contributed by atoms with Crippen molar-refractivity contribution in [2.75, 3.05) is 26.2 Å².